The fraction of sp³-hybridized carbons (Fsp3) is 0.257. The van der Waals surface area contributed by atoms with Gasteiger partial charge in [0.25, 0.3) is 0 Å². The van der Waals surface area contributed by atoms with E-state index in [0.29, 0.717) is 38.9 Å². The third-order valence-corrected chi connectivity index (χ3v) is 10.0. The van der Waals surface area contributed by atoms with Gasteiger partial charge in [-0.2, -0.15) is 0 Å². The lowest BCUT2D eigenvalue weighted by molar-refractivity contribution is 0.0697. The Morgan fingerprint density at radius 3 is 2.39 bits per heavy atom. The van der Waals surface area contributed by atoms with Gasteiger partial charge in [-0.05, 0) is 84.1 Å². The Morgan fingerprint density at radius 1 is 1.00 bits per heavy atom. The third-order valence-electron chi connectivity index (χ3n) is 8.56. The van der Waals surface area contributed by atoms with Gasteiger partial charge in [0.2, 0.25) is 10.0 Å². The molecule has 5 aromatic rings. The van der Waals surface area contributed by atoms with Crippen molar-refractivity contribution in [3.8, 4) is 28.3 Å². The molecule has 8 nitrogen and oxygen atoms in total. The summed E-state index contributed by atoms with van der Waals surface area (Å²) in [6.07, 6.45) is 6.28. The van der Waals surface area contributed by atoms with Crippen LogP contribution in [0.5, 0.6) is 5.75 Å². The SMILES string of the molecule is CN(c1ccc(-c2ccc(Cl)cc2)c(COc2ccc(-c3nc4cc(C(=O)O)ccc4n3C3CCCCC3)c(F)c2)c1)S(C)(=O)=O. The number of carbonyl (C=O) groups is 1. The average molecular weight is 662 g/mol. The van der Waals surface area contributed by atoms with Gasteiger partial charge < -0.3 is 14.4 Å². The second-order valence-corrected chi connectivity index (χ2v) is 14.1. The lowest BCUT2D eigenvalue weighted by Gasteiger charge is -2.25. The first-order valence-electron chi connectivity index (χ1n) is 15.0. The monoisotopic (exact) mass is 661 g/mol. The molecule has 238 valence electrons. The molecule has 46 heavy (non-hydrogen) atoms. The molecule has 4 aromatic carbocycles. The van der Waals surface area contributed by atoms with Gasteiger partial charge in [-0.1, -0.05) is 49.1 Å². The van der Waals surface area contributed by atoms with Crippen molar-refractivity contribution in [2.75, 3.05) is 17.6 Å². The zero-order valence-corrected chi connectivity index (χ0v) is 27.0. The normalized spacial score (nSPS) is 14.0. The number of benzene rings is 4. The van der Waals surface area contributed by atoms with Crippen LogP contribution in [0.1, 0.15) is 54.1 Å². The van der Waals surface area contributed by atoms with E-state index in [4.69, 9.17) is 21.3 Å². The number of carboxylic acid groups (broad SMARTS) is 1. The molecule has 1 heterocycles. The van der Waals surface area contributed by atoms with E-state index >= 15 is 4.39 Å². The van der Waals surface area contributed by atoms with E-state index < -0.39 is 21.8 Å². The maximum Gasteiger partial charge on any atom is 0.335 e. The Hall–Kier alpha value is -4.41. The Kier molecular flexibility index (Phi) is 8.76. The quantitative estimate of drug-likeness (QED) is 0.170. The lowest BCUT2D eigenvalue weighted by Crippen LogP contribution is -2.25. The Labute approximate surface area is 272 Å². The number of aromatic carboxylic acids is 1. The molecule has 1 N–H and O–H groups in total. The molecule has 0 saturated heterocycles. The minimum absolute atomic E-state index is 0.0424. The van der Waals surface area contributed by atoms with E-state index in [9.17, 15) is 18.3 Å². The molecule has 1 aliphatic rings. The van der Waals surface area contributed by atoms with Crippen LogP contribution in [0.15, 0.2) is 78.9 Å². The standard InChI is InChI=1S/C35H33ClFN3O5S/c1-39(46(2,43)44)27-13-15-29(22-8-11-25(36)12-9-22)24(18-27)21-45-28-14-16-30(31(37)20-28)34-38-32-19-23(35(41)42)10-17-33(32)40(34)26-6-4-3-5-7-26/h8-20,26H,3-7,21H2,1-2H3,(H,41,42). The van der Waals surface area contributed by atoms with Crippen LogP contribution in [0.3, 0.4) is 0 Å². The molecule has 1 aromatic heterocycles. The summed E-state index contributed by atoms with van der Waals surface area (Å²) < 4.78 is 49.7. The first kappa shape index (κ1) is 31.6. The molecular formula is C35H33ClFN3O5S. The van der Waals surface area contributed by atoms with E-state index in [1.54, 1.807) is 48.5 Å². The number of hydrogen-bond acceptors (Lipinski definition) is 5. The Balaban J connectivity index is 1.34. The van der Waals surface area contributed by atoms with Crippen molar-refractivity contribution >= 4 is 44.3 Å². The van der Waals surface area contributed by atoms with Crippen molar-refractivity contribution in [1.29, 1.82) is 0 Å². The van der Waals surface area contributed by atoms with Crippen LogP contribution in [0.2, 0.25) is 5.02 Å². The number of halogens is 2. The molecule has 6 rings (SSSR count). The predicted octanol–water partition coefficient (Wildman–Crippen LogP) is 8.34. The van der Waals surface area contributed by atoms with Gasteiger partial charge in [0.15, 0.2) is 0 Å². The molecule has 0 atom stereocenters. The van der Waals surface area contributed by atoms with Gasteiger partial charge in [-0.15, -0.1) is 0 Å². The Morgan fingerprint density at radius 2 is 1.72 bits per heavy atom. The molecule has 0 amide bonds. The van der Waals surface area contributed by atoms with Crippen molar-refractivity contribution in [2.24, 2.45) is 0 Å². The van der Waals surface area contributed by atoms with Crippen LogP contribution >= 0.6 is 11.6 Å². The summed E-state index contributed by atoms with van der Waals surface area (Å²) in [6.45, 7) is 0.0424. The van der Waals surface area contributed by atoms with Crippen molar-refractivity contribution in [2.45, 2.75) is 44.8 Å². The van der Waals surface area contributed by atoms with Gasteiger partial charge >= 0.3 is 5.97 Å². The molecule has 11 heteroatoms. The van der Waals surface area contributed by atoms with Crippen molar-refractivity contribution in [3.63, 3.8) is 0 Å². The highest BCUT2D eigenvalue weighted by Gasteiger charge is 2.25. The summed E-state index contributed by atoms with van der Waals surface area (Å²) in [6, 6.07) is 22.2. The summed E-state index contributed by atoms with van der Waals surface area (Å²) in [7, 11) is -2.02. The fourth-order valence-electron chi connectivity index (χ4n) is 6.06. The second-order valence-electron chi connectivity index (χ2n) is 11.6. The number of rotatable bonds is 9. The van der Waals surface area contributed by atoms with Gasteiger partial charge in [0, 0.05) is 24.2 Å². The van der Waals surface area contributed by atoms with Crippen molar-refractivity contribution < 1.29 is 27.4 Å². The number of hydrogen-bond donors (Lipinski definition) is 1. The van der Waals surface area contributed by atoms with Crippen LogP contribution in [-0.2, 0) is 16.6 Å². The minimum atomic E-state index is -3.50. The van der Waals surface area contributed by atoms with Crippen LogP contribution in [-0.4, -0.2) is 42.3 Å². The molecule has 0 spiro atoms. The smallest absolute Gasteiger partial charge is 0.335 e. The average Bonchev–Trinajstić information content (AvgIpc) is 3.42. The summed E-state index contributed by atoms with van der Waals surface area (Å²) >= 11 is 6.10. The van der Waals surface area contributed by atoms with Gasteiger partial charge in [0.1, 0.15) is 24.0 Å². The molecule has 0 unspecified atom stereocenters. The fourth-order valence-corrected chi connectivity index (χ4v) is 6.68. The second kappa shape index (κ2) is 12.8. The largest absolute Gasteiger partial charge is 0.489 e. The van der Waals surface area contributed by atoms with Gasteiger partial charge in [-0.25, -0.2) is 22.6 Å². The van der Waals surface area contributed by atoms with Crippen LogP contribution in [0.4, 0.5) is 10.1 Å². The molecule has 0 bridgehead atoms. The number of ether oxygens (including phenoxy) is 1. The summed E-state index contributed by atoms with van der Waals surface area (Å²) in [5.41, 5.74) is 4.56. The van der Waals surface area contributed by atoms with E-state index in [2.05, 4.69) is 4.57 Å². The zero-order chi connectivity index (χ0) is 32.6. The van der Waals surface area contributed by atoms with Crippen LogP contribution in [0.25, 0.3) is 33.5 Å². The highest BCUT2D eigenvalue weighted by Crippen LogP contribution is 2.38. The third kappa shape index (κ3) is 6.45. The number of aromatic nitrogens is 2. The number of imidazole rings is 1. The molecule has 0 aliphatic heterocycles. The maximum atomic E-state index is 15.9. The summed E-state index contributed by atoms with van der Waals surface area (Å²) in [5, 5.41) is 10.1. The summed E-state index contributed by atoms with van der Waals surface area (Å²) in [4.78, 5) is 16.4. The first-order chi connectivity index (χ1) is 22.0. The van der Waals surface area contributed by atoms with Gasteiger partial charge in [0.05, 0.1) is 34.1 Å². The Bertz CT molecular complexity index is 2040. The first-order valence-corrected chi connectivity index (χ1v) is 17.2. The van der Waals surface area contributed by atoms with Gasteiger partial charge in [-0.3, -0.25) is 4.31 Å². The summed E-state index contributed by atoms with van der Waals surface area (Å²) in [5.74, 6) is -0.823. The molecule has 1 saturated carbocycles. The number of anilines is 1. The number of fused-ring (bicyclic) bond motifs is 1. The van der Waals surface area contributed by atoms with Crippen LogP contribution in [0, 0.1) is 5.82 Å². The van der Waals surface area contributed by atoms with E-state index in [-0.39, 0.29) is 18.2 Å². The van der Waals surface area contributed by atoms with Crippen molar-refractivity contribution in [1.82, 2.24) is 9.55 Å². The minimum Gasteiger partial charge on any atom is -0.489 e. The van der Waals surface area contributed by atoms with Crippen molar-refractivity contribution in [3.05, 3.63) is 101 Å². The molecule has 0 radical (unpaired) electrons. The highest BCUT2D eigenvalue weighted by molar-refractivity contribution is 7.92. The zero-order valence-electron chi connectivity index (χ0n) is 25.4. The number of sulfonamides is 1. The molecule has 1 fully saturated rings. The molecular weight excluding hydrogens is 629 g/mol. The topological polar surface area (TPSA) is 102 Å². The highest BCUT2D eigenvalue weighted by atomic mass is 35.5. The number of nitrogens with zero attached hydrogens (tertiary/aromatic N) is 3. The van der Waals surface area contributed by atoms with E-state index in [0.717, 1.165) is 55.0 Å². The lowest BCUT2D eigenvalue weighted by atomic mass is 9.94. The van der Waals surface area contributed by atoms with Crippen LogP contribution < -0.4 is 9.04 Å². The number of carboxylic acids is 1. The maximum absolute atomic E-state index is 15.9. The van der Waals surface area contributed by atoms with E-state index in [1.807, 2.05) is 18.2 Å². The molecule has 1 aliphatic carbocycles. The predicted molar refractivity (Wildman–Crippen MR) is 179 cm³/mol. The van der Waals surface area contributed by atoms with E-state index in [1.165, 1.54) is 23.5 Å².